The molecule has 196 valence electrons. The second kappa shape index (κ2) is 24.5. The SMILES string of the molecule is C/C=C/C=O.CCC(=O)O.O=P(O)(O)O.O=P(O)(O)O.O=c1[nH]c(=O)[nH]c(=O)[nH]1.OP(O)O. The number of carbonyl (C=O) groups is 2. The van der Waals surface area contributed by atoms with E-state index in [1.54, 1.807) is 34.9 Å². The summed E-state index contributed by atoms with van der Waals surface area (Å²) in [6.07, 6.45) is 4.10. The minimum atomic E-state index is -4.64. The molecule has 13 N–H and O–H groups in total. The first-order valence-corrected chi connectivity index (χ1v) is 11.6. The summed E-state index contributed by atoms with van der Waals surface area (Å²) in [6.45, 7) is 3.40. The Bertz CT molecular complexity index is 790. The first kappa shape index (κ1) is 41.1. The summed E-state index contributed by atoms with van der Waals surface area (Å²) in [4.78, 5) is 119. The zero-order chi connectivity index (χ0) is 27.8. The van der Waals surface area contributed by atoms with E-state index in [1.165, 1.54) is 6.08 Å². The average molecular weight is 551 g/mol. The van der Waals surface area contributed by atoms with Crippen molar-refractivity contribution in [2.45, 2.75) is 20.3 Å². The molecule has 33 heavy (non-hydrogen) atoms. The highest BCUT2D eigenvalue weighted by molar-refractivity contribution is 7.45. The quantitative estimate of drug-likeness (QED) is 0.0955. The monoisotopic (exact) mass is 551 g/mol. The summed E-state index contributed by atoms with van der Waals surface area (Å²) in [6, 6.07) is 0. The van der Waals surface area contributed by atoms with E-state index in [0.717, 1.165) is 6.29 Å². The lowest BCUT2D eigenvalue weighted by Gasteiger charge is -1.82. The van der Waals surface area contributed by atoms with E-state index in [1.807, 2.05) is 0 Å². The van der Waals surface area contributed by atoms with Crippen molar-refractivity contribution in [3.8, 4) is 0 Å². The molecule has 0 fully saturated rings. The lowest BCUT2D eigenvalue weighted by atomic mass is 10.5. The summed E-state index contributed by atoms with van der Waals surface area (Å²) >= 11 is 0. The molecule has 0 aliphatic carbocycles. The van der Waals surface area contributed by atoms with Gasteiger partial charge in [-0.25, -0.2) is 23.5 Å². The largest absolute Gasteiger partial charge is 0.481 e. The van der Waals surface area contributed by atoms with E-state index in [-0.39, 0.29) is 6.42 Å². The Morgan fingerprint density at radius 3 is 1.09 bits per heavy atom. The first-order valence-electron chi connectivity index (χ1n) is 7.25. The third kappa shape index (κ3) is 121. The molecule has 0 spiro atoms. The standard InChI is InChI=1S/C4H6O.C3H3N3O3.C3H6O2.2H3O4P.H3O3P/c1-2-3-4-5;7-1-4-2(8)6-3(9)5-1;1-2-3(4)5;2*1-5(2,3)4;1-4(2)3/h2-4H,1H3;(H3,4,5,6,7,8,9);2H2,1H3,(H,4,5);2*(H3,1,2,3,4);1-3H/b3-2+;;;;;. The van der Waals surface area contributed by atoms with Crippen molar-refractivity contribution in [3.63, 3.8) is 0 Å². The van der Waals surface area contributed by atoms with E-state index < -0.39 is 47.3 Å². The number of aliphatic carboxylic acids is 1. The van der Waals surface area contributed by atoms with Crippen LogP contribution in [0.4, 0.5) is 0 Å². The van der Waals surface area contributed by atoms with Gasteiger partial charge in [0.2, 0.25) is 0 Å². The van der Waals surface area contributed by atoms with Gasteiger partial charge < -0.3 is 49.1 Å². The van der Waals surface area contributed by atoms with Gasteiger partial charge in [-0.3, -0.25) is 24.5 Å². The highest BCUT2D eigenvalue weighted by Crippen LogP contribution is 2.26. The number of carbonyl (C=O) groups excluding carboxylic acids is 1. The van der Waals surface area contributed by atoms with Crippen LogP contribution in [0.25, 0.3) is 0 Å². The Labute approximate surface area is 184 Å². The van der Waals surface area contributed by atoms with Crippen molar-refractivity contribution < 1.29 is 67.9 Å². The normalized spacial score (nSPS) is 9.70. The summed E-state index contributed by atoms with van der Waals surface area (Å²) in [5, 5.41) is 7.72. The van der Waals surface area contributed by atoms with Crippen molar-refractivity contribution in [2.24, 2.45) is 0 Å². The summed E-state index contributed by atoms with van der Waals surface area (Å²) in [7, 11) is -11.9. The van der Waals surface area contributed by atoms with Gasteiger partial charge in [0.25, 0.3) is 0 Å². The zero-order valence-corrected chi connectivity index (χ0v) is 19.3. The van der Waals surface area contributed by atoms with Gasteiger partial charge in [0.1, 0.15) is 6.29 Å². The van der Waals surface area contributed by atoms with Crippen molar-refractivity contribution >= 4 is 36.5 Å². The first-order chi connectivity index (χ1) is 14.6. The number of aromatic amines is 3. The molecule has 0 aliphatic heterocycles. The Morgan fingerprint density at radius 2 is 1.03 bits per heavy atom. The summed E-state index contributed by atoms with van der Waals surface area (Å²) in [5.74, 6) is -0.745. The number of hydrogen-bond donors (Lipinski definition) is 13. The number of aldehydes is 1. The zero-order valence-electron chi connectivity index (χ0n) is 16.6. The van der Waals surface area contributed by atoms with Gasteiger partial charge in [-0.2, -0.15) is 0 Å². The van der Waals surface area contributed by atoms with Gasteiger partial charge in [-0.1, -0.05) is 13.0 Å². The molecule has 1 aromatic heterocycles. The van der Waals surface area contributed by atoms with Crippen molar-refractivity contribution in [3.05, 3.63) is 43.6 Å². The van der Waals surface area contributed by atoms with E-state index in [9.17, 15) is 24.0 Å². The van der Waals surface area contributed by atoms with Crippen LogP contribution in [0.1, 0.15) is 20.3 Å². The van der Waals surface area contributed by atoms with Gasteiger partial charge in [-0.05, 0) is 13.0 Å². The molecule has 0 aromatic carbocycles. The third-order valence-corrected chi connectivity index (χ3v) is 1.25. The predicted octanol–water partition coefficient (Wildman–Crippen LogP) is -3.67. The maximum Gasteiger partial charge on any atom is 0.466 e. The summed E-state index contributed by atoms with van der Waals surface area (Å²) < 4.78 is 17.8. The van der Waals surface area contributed by atoms with Gasteiger partial charge in [-0.15, -0.1) is 0 Å². The summed E-state index contributed by atoms with van der Waals surface area (Å²) in [5.41, 5.74) is -2.41. The van der Waals surface area contributed by atoms with Gasteiger partial charge in [0.05, 0.1) is 0 Å². The Hall–Kier alpha value is -2.18. The number of hydrogen-bond acceptors (Lipinski definition) is 10. The number of rotatable bonds is 2. The van der Waals surface area contributed by atoms with Crippen LogP contribution >= 0.6 is 24.2 Å². The fourth-order valence-corrected chi connectivity index (χ4v) is 0.482. The Kier molecular flexibility index (Phi) is 30.5. The minimum Gasteiger partial charge on any atom is -0.481 e. The molecule has 0 saturated carbocycles. The lowest BCUT2D eigenvalue weighted by molar-refractivity contribution is -0.136. The number of carboxylic acid groups (broad SMARTS) is 1. The fourth-order valence-electron chi connectivity index (χ4n) is 0.482. The predicted molar refractivity (Wildman–Crippen MR) is 109 cm³/mol. The van der Waals surface area contributed by atoms with Crippen LogP contribution in [-0.4, -0.2) is 76.4 Å². The van der Waals surface area contributed by atoms with Crippen LogP contribution < -0.4 is 17.1 Å². The third-order valence-electron chi connectivity index (χ3n) is 1.25. The molecule has 0 atom stereocenters. The number of phosphoric acid groups is 2. The van der Waals surface area contributed by atoms with Gasteiger partial charge >= 0.3 is 47.3 Å². The lowest BCUT2D eigenvalue weighted by Crippen LogP contribution is -2.34. The Balaban J connectivity index is -0.0000000980. The van der Waals surface area contributed by atoms with Crippen molar-refractivity contribution in [1.82, 2.24) is 15.0 Å². The van der Waals surface area contributed by atoms with Crippen LogP contribution in [0, 0.1) is 0 Å². The number of nitrogens with one attached hydrogen (secondary N) is 3. The number of carboxylic acids is 1. The van der Waals surface area contributed by atoms with Crippen LogP contribution in [0.5, 0.6) is 0 Å². The molecule has 0 aliphatic rings. The highest BCUT2D eigenvalue weighted by atomic mass is 31.2. The smallest absolute Gasteiger partial charge is 0.466 e. The molecule has 23 heteroatoms. The van der Waals surface area contributed by atoms with E-state index in [4.69, 9.17) is 58.3 Å². The second-order valence-electron chi connectivity index (χ2n) is 4.07. The van der Waals surface area contributed by atoms with E-state index in [2.05, 4.69) is 0 Å². The van der Waals surface area contributed by atoms with E-state index in [0.29, 0.717) is 0 Å². The van der Waals surface area contributed by atoms with Crippen LogP contribution in [0.3, 0.4) is 0 Å². The number of H-pyrrole nitrogens is 3. The molecule has 1 rings (SSSR count). The molecule has 0 saturated heterocycles. The molecule has 0 unspecified atom stereocenters. The van der Waals surface area contributed by atoms with Crippen LogP contribution in [0.15, 0.2) is 26.5 Å². The number of aromatic nitrogens is 3. The number of allylic oxidation sites excluding steroid dienone is 2. The fraction of sp³-hybridized carbons (Fsp3) is 0.300. The topological polar surface area (TPSA) is 369 Å². The van der Waals surface area contributed by atoms with Crippen LogP contribution in [-0.2, 0) is 18.7 Å². The van der Waals surface area contributed by atoms with Gasteiger partial charge in [0.15, 0.2) is 0 Å². The van der Waals surface area contributed by atoms with Crippen molar-refractivity contribution in [1.29, 1.82) is 0 Å². The molecular formula is C10H24N3O17P3. The molecule has 20 nitrogen and oxygen atoms in total. The Morgan fingerprint density at radius 1 is 0.848 bits per heavy atom. The minimum absolute atomic E-state index is 0.222. The maximum absolute atomic E-state index is 10.2. The molecule has 1 aromatic rings. The molecule has 0 radical (unpaired) electrons. The second-order valence-corrected chi connectivity index (χ2v) is 6.66. The van der Waals surface area contributed by atoms with Gasteiger partial charge in [0, 0.05) is 6.42 Å². The molecular weight excluding hydrogens is 527 g/mol. The van der Waals surface area contributed by atoms with Crippen molar-refractivity contribution in [2.75, 3.05) is 0 Å². The highest BCUT2D eigenvalue weighted by Gasteiger charge is 2.00. The maximum atomic E-state index is 10.2. The molecule has 0 amide bonds. The average Bonchev–Trinajstić information content (AvgIpc) is 2.51. The molecule has 0 bridgehead atoms. The van der Waals surface area contributed by atoms with E-state index >= 15 is 0 Å². The molecule has 1 heterocycles. The van der Waals surface area contributed by atoms with Crippen LogP contribution in [0.2, 0.25) is 0 Å².